The summed E-state index contributed by atoms with van der Waals surface area (Å²) in [6.07, 6.45) is 5.78. The van der Waals surface area contributed by atoms with E-state index in [-0.39, 0.29) is 4.90 Å². The highest BCUT2D eigenvalue weighted by Crippen LogP contribution is 2.38. The normalized spacial score (nSPS) is 16.0. The van der Waals surface area contributed by atoms with Crippen LogP contribution in [0.4, 0.5) is 0 Å². The maximum atomic E-state index is 13.9. The number of hydrogen-bond donors (Lipinski definition) is 1. The lowest BCUT2D eigenvalue weighted by Crippen LogP contribution is -2.30. The molecule has 220 valence electrons. The molecule has 1 unspecified atom stereocenters. The van der Waals surface area contributed by atoms with E-state index >= 15 is 0 Å². The maximum Gasteiger partial charge on any atom is 0.269 e. The first kappa shape index (κ1) is 28.8. The molecular weight excluding hydrogens is 556 g/mol. The molecule has 0 saturated carbocycles. The van der Waals surface area contributed by atoms with Crippen LogP contribution in [0.3, 0.4) is 0 Å². The molecule has 1 atom stereocenters. The Morgan fingerprint density at radius 2 is 1.63 bits per heavy atom. The standard InChI is InChI=1S/C35H36N4O3S/c1-22-7-13-29(14-8-22)43(41,42)39-21-33(30-15-16-31(34(36)40)24(3)23(30)2)32-18-28(19-37-35(32)39)26-11-9-25(10-12-26)27-6-5-17-38(4)20-27/h7-16,18-19,21,27H,5-6,17,20H2,1-4H3,(H2,36,40). The zero-order valence-corrected chi connectivity index (χ0v) is 25.8. The Morgan fingerprint density at radius 3 is 2.30 bits per heavy atom. The van der Waals surface area contributed by atoms with Crippen LogP contribution in [0.5, 0.6) is 0 Å². The molecule has 0 aliphatic carbocycles. The molecule has 0 spiro atoms. The van der Waals surface area contributed by atoms with Gasteiger partial charge in [-0.25, -0.2) is 17.4 Å². The molecule has 8 heteroatoms. The van der Waals surface area contributed by atoms with Crippen LogP contribution >= 0.6 is 0 Å². The Hall–Kier alpha value is -4.27. The molecule has 2 N–H and O–H groups in total. The Bertz CT molecular complexity index is 1960. The number of amides is 1. The van der Waals surface area contributed by atoms with E-state index in [1.165, 1.54) is 22.4 Å². The van der Waals surface area contributed by atoms with Crippen molar-refractivity contribution in [2.24, 2.45) is 5.73 Å². The quantitative estimate of drug-likeness (QED) is 0.245. The number of aromatic nitrogens is 2. The monoisotopic (exact) mass is 592 g/mol. The number of benzene rings is 3. The fraction of sp³-hybridized carbons (Fsp3) is 0.257. The van der Waals surface area contributed by atoms with Gasteiger partial charge in [0.05, 0.1) is 4.90 Å². The lowest BCUT2D eigenvalue weighted by Gasteiger charge is -2.30. The average Bonchev–Trinajstić information content (AvgIpc) is 3.38. The molecule has 1 saturated heterocycles. The molecule has 0 radical (unpaired) electrons. The minimum atomic E-state index is -3.94. The van der Waals surface area contributed by atoms with E-state index in [1.54, 1.807) is 42.7 Å². The Balaban J connectivity index is 1.50. The van der Waals surface area contributed by atoms with E-state index < -0.39 is 15.9 Å². The molecule has 2 aromatic heterocycles. The van der Waals surface area contributed by atoms with Crippen molar-refractivity contribution in [3.05, 3.63) is 107 Å². The first-order valence-corrected chi connectivity index (χ1v) is 16.0. The second kappa shape index (κ2) is 11.1. The lowest BCUT2D eigenvalue weighted by molar-refractivity contribution is 0.0999. The summed E-state index contributed by atoms with van der Waals surface area (Å²) >= 11 is 0. The van der Waals surface area contributed by atoms with Crippen LogP contribution in [-0.2, 0) is 10.0 Å². The molecule has 0 bridgehead atoms. The molecular formula is C35H36N4O3S. The van der Waals surface area contributed by atoms with Gasteiger partial charge in [-0.2, -0.15) is 0 Å². The zero-order chi connectivity index (χ0) is 30.5. The van der Waals surface area contributed by atoms with Crippen LogP contribution in [-0.4, -0.2) is 48.3 Å². The number of fused-ring (bicyclic) bond motifs is 1. The molecule has 43 heavy (non-hydrogen) atoms. The van der Waals surface area contributed by atoms with E-state index in [0.717, 1.165) is 52.0 Å². The molecule has 3 aromatic carbocycles. The molecule has 3 heterocycles. The molecule has 7 nitrogen and oxygen atoms in total. The van der Waals surface area contributed by atoms with Gasteiger partial charge >= 0.3 is 0 Å². The van der Waals surface area contributed by atoms with Crippen LogP contribution in [0, 0.1) is 20.8 Å². The third kappa shape index (κ3) is 5.26. The van der Waals surface area contributed by atoms with Crippen LogP contribution in [0.25, 0.3) is 33.3 Å². The molecule has 1 aliphatic rings. The number of aryl methyl sites for hydroxylation is 1. The van der Waals surface area contributed by atoms with Gasteiger partial charge < -0.3 is 10.6 Å². The van der Waals surface area contributed by atoms with Gasteiger partial charge in [-0.15, -0.1) is 0 Å². The van der Waals surface area contributed by atoms with Crippen molar-refractivity contribution in [2.75, 3.05) is 20.1 Å². The number of carbonyl (C=O) groups excluding carboxylic acids is 1. The molecule has 1 aliphatic heterocycles. The summed E-state index contributed by atoms with van der Waals surface area (Å²) in [6, 6.07) is 21.0. The number of nitrogens with zero attached hydrogens (tertiary/aromatic N) is 3. The number of rotatable bonds is 6. The minimum absolute atomic E-state index is 0.188. The van der Waals surface area contributed by atoms with Crippen LogP contribution in [0.1, 0.15) is 51.4 Å². The van der Waals surface area contributed by atoms with Crippen molar-refractivity contribution in [3.63, 3.8) is 0 Å². The largest absolute Gasteiger partial charge is 0.366 e. The second-order valence-corrected chi connectivity index (χ2v) is 13.6. The highest BCUT2D eigenvalue weighted by atomic mass is 32.2. The van der Waals surface area contributed by atoms with Gasteiger partial charge in [0.15, 0.2) is 5.65 Å². The summed E-state index contributed by atoms with van der Waals surface area (Å²) in [6.45, 7) is 7.91. The predicted octanol–water partition coefficient (Wildman–Crippen LogP) is 6.44. The van der Waals surface area contributed by atoms with Crippen LogP contribution in [0.15, 0.2) is 84.0 Å². The lowest BCUT2D eigenvalue weighted by atomic mass is 9.89. The Kier molecular flexibility index (Phi) is 7.44. The van der Waals surface area contributed by atoms with E-state index in [4.69, 9.17) is 10.7 Å². The number of primary amides is 1. The van der Waals surface area contributed by atoms with Crippen molar-refractivity contribution in [3.8, 4) is 22.3 Å². The smallest absolute Gasteiger partial charge is 0.269 e. The van der Waals surface area contributed by atoms with E-state index in [0.29, 0.717) is 22.5 Å². The van der Waals surface area contributed by atoms with Gasteiger partial charge in [-0.05, 0) is 105 Å². The van der Waals surface area contributed by atoms with Gasteiger partial charge in [-0.3, -0.25) is 4.79 Å². The van der Waals surface area contributed by atoms with E-state index in [9.17, 15) is 13.2 Å². The maximum absolute atomic E-state index is 13.9. The number of nitrogens with two attached hydrogens (primary N) is 1. The highest BCUT2D eigenvalue weighted by molar-refractivity contribution is 7.90. The summed E-state index contributed by atoms with van der Waals surface area (Å²) in [5.41, 5.74) is 13.8. The topological polar surface area (TPSA) is 98.3 Å². The van der Waals surface area contributed by atoms with Crippen LogP contribution in [0.2, 0.25) is 0 Å². The van der Waals surface area contributed by atoms with Crippen molar-refractivity contribution >= 4 is 27.0 Å². The number of carbonyl (C=O) groups is 1. The summed E-state index contributed by atoms with van der Waals surface area (Å²) in [5, 5.41) is 0.709. The van der Waals surface area contributed by atoms with Gasteiger partial charge in [0.1, 0.15) is 0 Å². The van der Waals surface area contributed by atoms with E-state index in [2.05, 4.69) is 36.2 Å². The first-order valence-electron chi connectivity index (χ1n) is 14.6. The fourth-order valence-corrected chi connectivity index (χ4v) is 7.55. The van der Waals surface area contributed by atoms with Crippen LogP contribution < -0.4 is 5.73 Å². The van der Waals surface area contributed by atoms with Gasteiger partial charge in [0, 0.05) is 41.0 Å². The molecule has 5 aromatic rings. The number of hydrogen-bond acceptors (Lipinski definition) is 5. The Morgan fingerprint density at radius 1 is 0.907 bits per heavy atom. The molecule has 1 amide bonds. The summed E-state index contributed by atoms with van der Waals surface area (Å²) in [5.74, 6) is 0.0272. The number of likely N-dealkylation sites (N-methyl/N-ethyl adjacent to an activating group) is 1. The Labute approximate surface area is 253 Å². The summed E-state index contributed by atoms with van der Waals surface area (Å²) in [7, 11) is -1.76. The van der Waals surface area contributed by atoms with Crippen molar-refractivity contribution in [1.29, 1.82) is 0 Å². The summed E-state index contributed by atoms with van der Waals surface area (Å²) in [4.78, 5) is 19.3. The minimum Gasteiger partial charge on any atom is -0.366 e. The number of pyridine rings is 1. The molecule has 6 rings (SSSR count). The predicted molar refractivity (Wildman–Crippen MR) is 172 cm³/mol. The SMILES string of the molecule is Cc1ccc(S(=O)(=O)n2cc(-c3ccc(C(N)=O)c(C)c3C)c3cc(-c4ccc(C5CCCN(C)C5)cc4)cnc32)cc1. The molecule has 1 fully saturated rings. The second-order valence-electron chi connectivity index (χ2n) is 11.8. The average molecular weight is 593 g/mol. The fourth-order valence-electron chi connectivity index (χ4n) is 6.22. The highest BCUT2D eigenvalue weighted by Gasteiger charge is 2.25. The van der Waals surface area contributed by atoms with Gasteiger partial charge in [-0.1, -0.05) is 48.0 Å². The van der Waals surface area contributed by atoms with E-state index in [1.807, 2.05) is 32.9 Å². The number of likely N-dealkylation sites (tertiary alicyclic amines) is 1. The third-order valence-electron chi connectivity index (χ3n) is 8.87. The van der Waals surface area contributed by atoms with Crippen molar-refractivity contribution < 1.29 is 13.2 Å². The number of piperidine rings is 1. The zero-order valence-electron chi connectivity index (χ0n) is 25.0. The summed E-state index contributed by atoms with van der Waals surface area (Å²) < 4.78 is 29.1. The van der Waals surface area contributed by atoms with Gasteiger partial charge in [0.2, 0.25) is 5.91 Å². The first-order chi connectivity index (χ1) is 20.5. The third-order valence-corrected chi connectivity index (χ3v) is 10.5. The van der Waals surface area contributed by atoms with Crippen molar-refractivity contribution in [2.45, 2.75) is 44.4 Å². The van der Waals surface area contributed by atoms with Crippen molar-refractivity contribution in [1.82, 2.24) is 13.9 Å². The van der Waals surface area contributed by atoms with Gasteiger partial charge in [0.25, 0.3) is 10.0 Å².